The highest BCUT2D eigenvalue weighted by atomic mass is 32.1. The third kappa shape index (κ3) is 3.69. The minimum absolute atomic E-state index is 0.163. The lowest BCUT2D eigenvalue weighted by Gasteiger charge is -2.07. The van der Waals surface area contributed by atoms with Crippen LogP contribution in [0.2, 0.25) is 0 Å². The van der Waals surface area contributed by atoms with E-state index in [4.69, 9.17) is 0 Å². The van der Waals surface area contributed by atoms with Gasteiger partial charge in [-0.2, -0.15) is 0 Å². The summed E-state index contributed by atoms with van der Waals surface area (Å²) in [4.78, 5) is 17.9. The van der Waals surface area contributed by atoms with E-state index >= 15 is 0 Å². The molecule has 6 heteroatoms. The molecule has 0 fully saturated rings. The molecule has 2 aromatic heterocycles. The van der Waals surface area contributed by atoms with Crippen molar-refractivity contribution < 1.29 is 4.79 Å². The number of hydrogen-bond acceptors (Lipinski definition) is 3. The van der Waals surface area contributed by atoms with E-state index in [0.717, 1.165) is 30.9 Å². The van der Waals surface area contributed by atoms with E-state index in [2.05, 4.69) is 56.7 Å². The van der Waals surface area contributed by atoms with E-state index in [-0.39, 0.29) is 6.03 Å². The number of fused-ring (bicyclic) bond motifs is 2. The van der Waals surface area contributed by atoms with Gasteiger partial charge < -0.3 is 9.88 Å². The molecular formula is C19H22N4OS. The van der Waals surface area contributed by atoms with Crippen LogP contribution in [0.25, 0.3) is 10.9 Å². The predicted octanol–water partition coefficient (Wildman–Crippen LogP) is 4.19. The summed E-state index contributed by atoms with van der Waals surface area (Å²) in [7, 11) is 0. The summed E-state index contributed by atoms with van der Waals surface area (Å²) in [6, 6.07) is 10.3. The van der Waals surface area contributed by atoms with Gasteiger partial charge in [0.25, 0.3) is 0 Å². The molecule has 130 valence electrons. The molecular weight excluding hydrogens is 332 g/mol. The average Bonchev–Trinajstić information content (AvgIpc) is 3.22. The van der Waals surface area contributed by atoms with Crippen molar-refractivity contribution in [3.05, 3.63) is 47.1 Å². The Bertz CT molecular complexity index is 859. The first-order valence-corrected chi connectivity index (χ1v) is 9.68. The number of rotatable bonds is 5. The summed E-state index contributed by atoms with van der Waals surface area (Å²) in [6.07, 6.45) is 7.57. The topological polar surface area (TPSA) is 59.0 Å². The number of benzene rings is 1. The average molecular weight is 354 g/mol. The van der Waals surface area contributed by atoms with Crippen LogP contribution in [-0.2, 0) is 19.4 Å². The Morgan fingerprint density at radius 3 is 3.00 bits per heavy atom. The van der Waals surface area contributed by atoms with Crippen molar-refractivity contribution in [3.63, 3.8) is 0 Å². The monoisotopic (exact) mass is 354 g/mol. The highest BCUT2D eigenvalue weighted by Crippen LogP contribution is 2.29. The van der Waals surface area contributed by atoms with E-state index in [9.17, 15) is 4.79 Å². The van der Waals surface area contributed by atoms with E-state index in [1.807, 2.05) is 0 Å². The number of carbonyl (C=O) groups is 1. The number of anilines is 1. The fourth-order valence-corrected chi connectivity index (χ4v) is 4.38. The summed E-state index contributed by atoms with van der Waals surface area (Å²) < 4.78 is 2.23. The lowest BCUT2D eigenvalue weighted by molar-refractivity contribution is 0.252. The molecule has 25 heavy (non-hydrogen) atoms. The van der Waals surface area contributed by atoms with Crippen LogP contribution >= 0.6 is 11.3 Å². The summed E-state index contributed by atoms with van der Waals surface area (Å²) in [5, 5.41) is 7.77. The maximum Gasteiger partial charge on any atom is 0.321 e. The Labute approximate surface area is 151 Å². The Hall–Kier alpha value is -2.34. The number of hydrogen-bond donors (Lipinski definition) is 2. The Balaban J connectivity index is 1.24. The van der Waals surface area contributed by atoms with Crippen molar-refractivity contribution in [3.8, 4) is 0 Å². The number of para-hydroxylation sites is 1. The van der Waals surface area contributed by atoms with E-state index in [0.29, 0.717) is 6.54 Å². The maximum absolute atomic E-state index is 12.0. The molecule has 0 saturated carbocycles. The molecule has 3 aromatic rings. The van der Waals surface area contributed by atoms with Gasteiger partial charge in [-0.25, -0.2) is 9.78 Å². The molecule has 0 bridgehead atoms. The predicted molar refractivity (Wildman–Crippen MR) is 102 cm³/mol. The molecule has 1 aromatic carbocycles. The smallest absolute Gasteiger partial charge is 0.321 e. The van der Waals surface area contributed by atoms with E-state index in [1.165, 1.54) is 34.3 Å². The summed E-state index contributed by atoms with van der Waals surface area (Å²) in [5.41, 5.74) is 2.41. The molecule has 5 nitrogen and oxygen atoms in total. The summed E-state index contributed by atoms with van der Waals surface area (Å²) in [5.74, 6) is 0. The molecule has 0 spiro atoms. The van der Waals surface area contributed by atoms with Gasteiger partial charge in [-0.05, 0) is 49.6 Å². The molecule has 0 radical (unpaired) electrons. The fourth-order valence-electron chi connectivity index (χ4n) is 3.33. The minimum Gasteiger partial charge on any atom is -0.347 e. The van der Waals surface area contributed by atoms with Crippen LogP contribution < -0.4 is 10.6 Å². The number of aromatic nitrogens is 2. The number of carbonyl (C=O) groups excluding carboxylic acids is 1. The molecule has 0 atom stereocenters. The number of aryl methyl sites for hydroxylation is 3. The standard InChI is InChI=1S/C19H22N4OS/c24-18(22-19-21-15-7-2-4-9-17(15)25-19)20-11-5-12-23-13-10-14-6-1-3-8-16(14)23/h1,3,6,8,10,13H,2,4-5,7,9,11-12H2,(H2,20,21,22,24). The van der Waals surface area contributed by atoms with Crippen molar-refractivity contribution in [2.75, 3.05) is 11.9 Å². The zero-order valence-electron chi connectivity index (χ0n) is 14.1. The van der Waals surface area contributed by atoms with Gasteiger partial charge in [0, 0.05) is 29.7 Å². The van der Waals surface area contributed by atoms with Crippen molar-refractivity contribution >= 4 is 33.4 Å². The Morgan fingerprint density at radius 1 is 1.20 bits per heavy atom. The van der Waals surface area contributed by atoms with Crippen LogP contribution in [0.4, 0.5) is 9.93 Å². The van der Waals surface area contributed by atoms with Crippen molar-refractivity contribution in [2.45, 2.75) is 38.6 Å². The SMILES string of the molecule is O=C(NCCCn1ccc2ccccc21)Nc1nc2c(s1)CCCC2. The second-order valence-electron chi connectivity index (χ2n) is 6.40. The third-order valence-corrected chi connectivity index (χ3v) is 5.68. The second-order valence-corrected chi connectivity index (χ2v) is 7.48. The molecule has 2 N–H and O–H groups in total. The first-order valence-electron chi connectivity index (χ1n) is 8.87. The molecule has 0 unspecified atom stereocenters. The minimum atomic E-state index is -0.163. The molecule has 0 saturated heterocycles. The van der Waals surface area contributed by atoms with Gasteiger partial charge in [-0.3, -0.25) is 5.32 Å². The number of nitrogens with zero attached hydrogens (tertiary/aromatic N) is 2. The number of thiazole rings is 1. The fraction of sp³-hybridized carbons (Fsp3) is 0.368. The van der Waals surface area contributed by atoms with Crippen LogP contribution in [0.3, 0.4) is 0 Å². The van der Waals surface area contributed by atoms with Crippen molar-refractivity contribution in [2.24, 2.45) is 0 Å². The van der Waals surface area contributed by atoms with Crippen molar-refractivity contribution in [1.82, 2.24) is 14.9 Å². The normalized spacial score (nSPS) is 13.6. The molecule has 2 amide bonds. The zero-order chi connectivity index (χ0) is 17.1. The molecule has 0 aliphatic heterocycles. The van der Waals surface area contributed by atoms with E-state index < -0.39 is 0 Å². The van der Waals surface area contributed by atoms with Gasteiger partial charge >= 0.3 is 6.03 Å². The zero-order valence-corrected chi connectivity index (χ0v) is 14.9. The Kier molecular flexibility index (Phi) is 4.70. The van der Waals surface area contributed by atoms with Crippen LogP contribution in [0, 0.1) is 0 Å². The van der Waals surface area contributed by atoms with E-state index in [1.54, 1.807) is 11.3 Å². The highest BCUT2D eigenvalue weighted by Gasteiger charge is 2.16. The quantitative estimate of drug-likeness (QED) is 0.675. The second kappa shape index (κ2) is 7.27. The molecule has 4 rings (SSSR count). The van der Waals surface area contributed by atoms with Gasteiger partial charge in [0.2, 0.25) is 0 Å². The third-order valence-electron chi connectivity index (χ3n) is 4.61. The van der Waals surface area contributed by atoms with Crippen LogP contribution in [0.1, 0.15) is 29.8 Å². The number of amides is 2. The van der Waals surface area contributed by atoms with Gasteiger partial charge in [0.1, 0.15) is 0 Å². The highest BCUT2D eigenvalue weighted by molar-refractivity contribution is 7.15. The Morgan fingerprint density at radius 2 is 2.08 bits per heavy atom. The molecule has 2 heterocycles. The number of nitrogens with one attached hydrogen (secondary N) is 2. The van der Waals surface area contributed by atoms with Crippen LogP contribution in [0.15, 0.2) is 36.5 Å². The van der Waals surface area contributed by atoms with Gasteiger partial charge in [0.15, 0.2) is 5.13 Å². The summed E-state index contributed by atoms with van der Waals surface area (Å²) >= 11 is 1.62. The van der Waals surface area contributed by atoms with Gasteiger partial charge in [-0.15, -0.1) is 11.3 Å². The lowest BCUT2D eigenvalue weighted by atomic mass is 10.0. The maximum atomic E-state index is 12.0. The summed E-state index contributed by atoms with van der Waals surface area (Å²) in [6.45, 7) is 1.53. The van der Waals surface area contributed by atoms with Crippen LogP contribution in [-0.4, -0.2) is 22.1 Å². The van der Waals surface area contributed by atoms with Crippen molar-refractivity contribution in [1.29, 1.82) is 0 Å². The molecule has 1 aliphatic carbocycles. The van der Waals surface area contributed by atoms with Gasteiger partial charge in [-0.1, -0.05) is 18.2 Å². The first-order chi connectivity index (χ1) is 12.3. The lowest BCUT2D eigenvalue weighted by Crippen LogP contribution is -2.30. The largest absolute Gasteiger partial charge is 0.347 e. The van der Waals surface area contributed by atoms with Gasteiger partial charge in [0.05, 0.1) is 5.69 Å². The first kappa shape index (κ1) is 16.1. The molecule has 1 aliphatic rings. The van der Waals surface area contributed by atoms with Crippen LogP contribution in [0.5, 0.6) is 0 Å². The number of urea groups is 1.